The van der Waals surface area contributed by atoms with E-state index >= 15 is 0 Å². The highest BCUT2D eigenvalue weighted by Gasteiger charge is 2.26. The zero-order valence-electron chi connectivity index (χ0n) is 19.7. The first-order valence-electron chi connectivity index (χ1n) is 10.4. The van der Waals surface area contributed by atoms with Gasteiger partial charge in [0.1, 0.15) is 18.0 Å². The second kappa shape index (κ2) is 11.4. The predicted molar refractivity (Wildman–Crippen MR) is 144 cm³/mol. The lowest BCUT2D eigenvalue weighted by atomic mass is 10.2. The number of non-ortho nitro benzene ring substituents is 1. The number of amides is 1. The fourth-order valence-corrected chi connectivity index (χ4v) is 5.53. The van der Waals surface area contributed by atoms with Gasteiger partial charge in [0.2, 0.25) is 15.9 Å². The van der Waals surface area contributed by atoms with Gasteiger partial charge < -0.3 is 10.1 Å². The second-order valence-electron chi connectivity index (χ2n) is 7.66. The first kappa shape index (κ1) is 29.0. The van der Waals surface area contributed by atoms with E-state index < -0.39 is 43.1 Å². The number of hydrogen-bond donors (Lipinski definition) is 2. The van der Waals surface area contributed by atoms with E-state index in [9.17, 15) is 31.7 Å². The molecular formula is C22H20Cl2N4O8S2. The number of nitrogens with one attached hydrogen (secondary N) is 2. The van der Waals surface area contributed by atoms with Crippen LogP contribution in [0.1, 0.15) is 0 Å². The largest absolute Gasteiger partial charge is 0.495 e. The van der Waals surface area contributed by atoms with Gasteiger partial charge in [-0.1, -0.05) is 29.3 Å². The Balaban J connectivity index is 1.80. The molecule has 0 aliphatic carbocycles. The maximum atomic E-state index is 12.7. The number of anilines is 3. The average Bonchev–Trinajstić information content (AvgIpc) is 2.84. The van der Waals surface area contributed by atoms with Gasteiger partial charge in [-0.05, 0) is 42.5 Å². The molecule has 38 heavy (non-hydrogen) atoms. The van der Waals surface area contributed by atoms with Gasteiger partial charge in [0, 0.05) is 17.8 Å². The molecule has 0 fully saturated rings. The molecule has 0 atom stereocenters. The summed E-state index contributed by atoms with van der Waals surface area (Å²) >= 11 is 12.0. The van der Waals surface area contributed by atoms with Crippen molar-refractivity contribution in [2.75, 3.05) is 34.3 Å². The maximum absolute atomic E-state index is 12.7. The van der Waals surface area contributed by atoms with E-state index in [1.807, 2.05) is 0 Å². The summed E-state index contributed by atoms with van der Waals surface area (Å²) in [7, 11) is -6.89. The van der Waals surface area contributed by atoms with E-state index in [4.69, 9.17) is 27.9 Å². The number of carbonyl (C=O) groups is 1. The van der Waals surface area contributed by atoms with Crippen LogP contribution in [-0.4, -0.2) is 47.6 Å². The number of nitrogens with zero attached hydrogens (tertiary/aromatic N) is 2. The summed E-state index contributed by atoms with van der Waals surface area (Å²) in [4.78, 5) is 23.0. The van der Waals surface area contributed by atoms with Crippen molar-refractivity contribution in [2.24, 2.45) is 0 Å². The van der Waals surface area contributed by atoms with E-state index in [0.717, 1.165) is 18.4 Å². The van der Waals surface area contributed by atoms with Gasteiger partial charge in [-0.2, -0.15) is 0 Å². The lowest BCUT2D eigenvalue weighted by molar-refractivity contribution is -0.384. The fourth-order valence-electron chi connectivity index (χ4n) is 3.20. The SMILES string of the molecule is COc1ccc([N+](=O)[O-])cc1N(CC(=O)Nc1ccc(S(=O)(=O)Nc2cccc(Cl)c2Cl)cc1)S(C)(=O)=O. The number of ether oxygens (including phenoxy) is 1. The third-order valence-electron chi connectivity index (χ3n) is 4.97. The summed E-state index contributed by atoms with van der Waals surface area (Å²) in [5, 5.41) is 13.8. The number of carbonyl (C=O) groups excluding carboxylic acids is 1. The lowest BCUT2D eigenvalue weighted by Gasteiger charge is -2.23. The van der Waals surface area contributed by atoms with Crippen LogP contribution in [0.25, 0.3) is 0 Å². The summed E-state index contributed by atoms with van der Waals surface area (Å²) in [5.74, 6) is -0.806. The number of hydrogen-bond acceptors (Lipinski definition) is 8. The maximum Gasteiger partial charge on any atom is 0.271 e. The van der Waals surface area contributed by atoms with Gasteiger partial charge in [-0.25, -0.2) is 16.8 Å². The van der Waals surface area contributed by atoms with Crippen LogP contribution in [0.3, 0.4) is 0 Å². The molecule has 0 unspecified atom stereocenters. The van der Waals surface area contributed by atoms with Crippen molar-refractivity contribution in [3.63, 3.8) is 0 Å². The third-order valence-corrected chi connectivity index (χ3v) is 8.30. The number of nitro benzene ring substituents is 1. The van der Waals surface area contributed by atoms with Gasteiger partial charge in [0.25, 0.3) is 15.7 Å². The molecule has 202 valence electrons. The molecular weight excluding hydrogens is 583 g/mol. The number of nitro groups is 1. The predicted octanol–water partition coefficient (Wildman–Crippen LogP) is 4.12. The molecule has 0 heterocycles. The van der Waals surface area contributed by atoms with Crippen molar-refractivity contribution in [2.45, 2.75) is 4.90 Å². The van der Waals surface area contributed by atoms with Crippen LogP contribution in [0.15, 0.2) is 65.6 Å². The van der Waals surface area contributed by atoms with Crippen molar-refractivity contribution in [3.8, 4) is 5.75 Å². The Bertz CT molecular complexity index is 1600. The molecule has 3 rings (SSSR count). The molecule has 0 aliphatic rings. The molecule has 0 saturated carbocycles. The molecule has 16 heteroatoms. The van der Waals surface area contributed by atoms with Crippen molar-refractivity contribution < 1.29 is 31.3 Å². The number of rotatable bonds is 10. The van der Waals surface area contributed by atoms with Gasteiger partial charge in [-0.3, -0.25) is 23.9 Å². The number of methoxy groups -OCH3 is 1. The molecule has 3 aromatic rings. The monoisotopic (exact) mass is 602 g/mol. The number of halogens is 2. The highest BCUT2D eigenvalue weighted by atomic mass is 35.5. The van der Waals surface area contributed by atoms with Crippen LogP contribution in [-0.2, 0) is 24.8 Å². The summed E-state index contributed by atoms with van der Waals surface area (Å²) in [5.41, 5.74) is -0.367. The average molecular weight is 603 g/mol. The minimum absolute atomic E-state index is 0.00399. The van der Waals surface area contributed by atoms with Crippen LogP contribution in [0.2, 0.25) is 10.0 Å². The number of sulfonamides is 2. The molecule has 2 N–H and O–H groups in total. The van der Waals surface area contributed by atoms with Crippen LogP contribution < -0.4 is 19.1 Å². The Kier molecular flexibility index (Phi) is 8.72. The molecule has 0 radical (unpaired) electrons. The molecule has 12 nitrogen and oxygen atoms in total. The Hall–Kier alpha value is -3.59. The minimum atomic E-state index is -4.08. The van der Waals surface area contributed by atoms with Crippen molar-refractivity contribution in [3.05, 3.63) is 80.8 Å². The molecule has 3 aromatic carbocycles. The Morgan fingerprint density at radius 3 is 2.29 bits per heavy atom. The van der Waals surface area contributed by atoms with E-state index in [-0.39, 0.29) is 37.8 Å². The van der Waals surface area contributed by atoms with Crippen LogP contribution >= 0.6 is 23.2 Å². The second-order valence-corrected chi connectivity index (χ2v) is 12.0. The van der Waals surface area contributed by atoms with Gasteiger partial charge >= 0.3 is 0 Å². The van der Waals surface area contributed by atoms with Crippen molar-refractivity contribution >= 4 is 71.9 Å². The first-order chi connectivity index (χ1) is 17.7. The Labute approximate surface area is 228 Å². The van der Waals surface area contributed by atoms with Crippen molar-refractivity contribution in [1.82, 2.24) is 0 Å². The van der Waals surface area contributed by atoms with Crippen molar-refractivity contribution in [1.29, 1.82) is 0 Å². The highest BCUT2D eigenvalue weighted by Crippen LogP contribution is 2.34. The van der Waals surface area contributed by atoms with E-state index in [2.05, 4.69) is 10.0 Å². The number of benzene rings is 3. The molecule has 0 bridgehead atoms. The van der Waals surface area contributed by atoms with Gasteiger partial charge in [0.05, 0.1) is 38.9 Å². The summed E-state index contributed by atoms with van der Waals surface area (Å²) in [6.45, 7) is -0.745. The molecule has 0 saturated heterocycles. The molecule has 0 aromatic heterocycles. The quantitative estimate of drug-likeness (QED) is 0.258. The summed E-state index contributed by atoms with van der Waals surface area (Å²) in [6.07, 6.45) is 0.831. The van der Waals surface area contributed by atoms with E-state index in [1.165, 1.54) is 55.6 Å². The van der Waals surface area contributed by atoms with Crippen LogP contribution in [0, 0.1) is 10.1 Å². The fraction of sp³-hybridized carbons (Fsp3) is 0.136. The zero-order chi connectivity index (χ0) is 28.3. The third kappa shape index (κ3) is 6.83. The normalized spacial score (nSPS) is 11.5. The smallest absolute Gasteiger partial charge is 0.271 e. The van der Waals surface area contributed by atoms with Crippen LogP contribution in [0.4, 0.5) is 22.7 Å². The van der Waals surface area contributed by atoms with E-state index in [0.29, 0.717) is 4.31 Å². The first-order valence-corrected chi connectivity index (χ1v) is 14.5. The van der Waals surface area contributed by atoms with Gasteiger partial charge in [0.15, 0.2) is 0 Å². The molecule has 1 amide bonds. The van der Waals surface area contributed by atoms with E-state index in [1.54, 1.807) is 0 Å². The Morgan fingerprint density at radius 2 is 1.71 bits per heavy atom. The molecule has 0 aliphatic heterocycles. The topological polar surface area (TPSA) is 165 Å². The summed E-state index contributed by atoms with van der Waals surface area (Å²) < 4.78 is 58.4. The van der Waals surface area contributed by atoms with Gasteiger partial charge in [-0.15, -0.1) is 0 Å². The highest BCUT2D eigenvalue weighted by molar-refractivity contribution is 7.92. The Morgan fingerprint density at radius 1 is 1.05 bits per heavy atom. The minimum Gasteiger partial charge on any atom is -0.495 e. The van der Waals surface area contributed by atoms with Crippen LogP contribution in [0.5, 0.6) is 5.75 Å². The zero-order valence-corrected chi connectivity index (χ0v) is 22.9. The molecule has 0 spiro atoms. The lowest BCUT2D eigenvalue weighted by Crippen LogP contribution is -2.37. The summed E-state index contributed by atoms with van der Waals surface area (Å²) in [6, 6.07) is 12.8. The standard InChI is InChI=1S/C22H20Cl2N4O8S2/c1-36-20-11-8-15(28(30)31)12-19(20)27(37(2,32)33)13-21(29)25-14-6-9-16(10-7-14)38(34,35)26-18-5-3-4-17(23)22(18)24/h3-12,26H,13H2,1-2H3,(H,25,29).